The number of amides is 1. The van der Waals surface area contributed by atoms with Crippen LogP contribution in [0.5, 0.6) is 11.5 Å². The Morgan fingerprint density at radius 3 is 2.62 bits per heavy atom. The summed E-state index contributed by atoms with van der Waals surface area (Å²) >= 11 is 0. The highest BCUT2D eigenvalue weighted by atomic mass is 16.5. The summed E-state index contributed by atoms with van der Waals surface area (Å²) in [5, 5.41) is 15.4. The number of carbonyl (C=O) groups excluding carboxylic acids is 1. The summed E-state index contributed by atoms with van der Waals surface area (Å²) in [5.74, 6) is 0.350. The van der Waals surface area contributed by atoms with E-state index in [1.807, 2.05) is 26.0 Å². The summed E-state index contributed by atoms with van der Waals surface area (Å²) < 4.78 is 11.5. The molecular formula is C27H32N2O5. The molecule has 0 spiro atoms. The van der Waals surface area contributed by atoms with Gasteiger partial charge >= 0.3 is 5.97 Å². The molecule has 0 radical (unpaired) electrons. The Kier molecular flexibility index (Phi) is 6.64. The topological polar surface area (TPSA) is 88.4 Å². The molecule has 0 unspecified atom stereocenters. The number of nitrogens with zero attached hydrogens (tertiary/aromatic N) is 2. The molecule has 0 aromatic heterocycles. The molecule has 0 saturated carbocycles. The van der Waals surface area contributed by atoms with Crippen LogP contribution in [0.2, 0.25) is 0 Å². The fraction of sp³-hybridized carbons (Fsp3) is 0.444. The van der Waals surface area contributed by atoms with E-state index in [0.29, 0.717) is 37.6 Å². The largest absolute Gasteiger partial charge is 0.493 e. The van der Waals surface area contributed by atoms with Gasteiger partial charge in [0.1, 0.15) is 11.5 Å². The van der Waals surface area contributed by atoms with Gasteiger partial charge in [-0.3, -0.25) is 9.59 Å². The number of fused-ring (bicyclic) bond motifs is 1. The van der Waals surface area contributed by atoms with E-state index in [0.717, 1.165) is 23.3 Å². The van der Waals surface area contributed by atoms with Crippen LogP contribution in [0.25, 0.3) is 0 Å². The molecule has 4 rings (SSSR count). The van der Waals surface area contributed by atoms with Crippen LogP contribution in [0.3, 0.4) is 0 Å². The van der Waals surface area contributed by atoms with Crippen LogP contribution in [0.4, 0.5) is 0 Å². The van der Waals surface area contributed by atoms with Crippen molar-refractivity contribution in [2.24, 2.45) is 5.10 Å². The smallest absolute Gasteiger partial charge is 0.304 e. The predicted octanol–water partition coefficient (Wildman–Crippen LogP) is 4.83. The summed E-state index contributed by atoms with van der Waals surface area (Å²) in [4.78, 5) is 24.0. The highest BCUT2D eigenvalue weighted by Crippen LogP contribution is 2.38. The molecule has 1 atom stereocenters. The van der Waals surface area contributed by atoms with Gasteiger partial charge in [0.2, 0.25) is 5.91 Å². The van der Waals surface area contributed by atoms with E-state index in [1.165, 1.54) is 11.1 Å². The third-order valence-electron chi connectivity index (χ3n) is 6.27. The van der Waals surface area contributed by atoms with E-state index in [1.54, 1.807) is 11.1 Å². The van der Waals surface area contributed by atoms with Crippen LogP contribution in [0.1, 0.15) is 67.7 Å². The van der Waals surface area contributed by atoms with Gasteiger partial charge in [-0.25, -0.2) is 5.01 Å². The highest BCUT2D eigenvalue weighted by molar-refractivity contribution is 6.03. The number of hydrogen-bond acceptors (Lipinski definition) is 5. The summed E-state index contributed by atoms with van der Waals surface area (Å²) in [5.41, 5.74) is 4.93. The van der Waals surface area contributed by atoms with E-state index >= 15 is 0 Å². The first kappa shape index (κ1) is 23.8. The summed E-state index contributed by atoms with van der Waals surface area (Å²) in [7, 11) is 0. The molecule has 34 heavy (non-hydrogen) atoms. The maximum atomic E-state index is 13.0. The fourth-order valence-electron chi connectivity index (χ4n) is 4.72. The second-order valence-electron chi connectivity index (χ2n) is 9.88. The van der Waals surface area contributed by atoms with E-state index < -0.39 is 5.97 Å². The summed E-state index contributed by atoms with van der Waals surface area (Å²) in [6, 6.07) is 11.9. The van der Waals surface area contributed by atoms with E-state index in [-0.39, 0.29) is 23.8 Å². The van der Waals surface area contributed by atoms with Crippen molar-refractivity contribution in [2.75, 3.05) is 13.2 Å². The Morgan fingerprint density at radius 2 is 1.91 bits per heavy atom. The van der Waals surface area contributed by atoms with Crippen LogP contribution < -0.4 is 9.47 Å². The van der Waals surface area contributed by atoms with Gasteiger partial charge in [0.25, 0.3) is 0 Å². The van der Waals surface area contributed by atoms with Crippen molar-refractivity contribution in [3.8, 4) is 11.5 Å². The average molecular weight is 465 g/mol. The lowest BCUT2D eigenvalue weighted by molar-refractivity contribution is -0.137. The monoisotopic (exact) mass is 464 g/mol. The van der Waals surface area contributed by atoms with Crippen molar-refractivity contribution in [3.63, 3.8) is 0 Å². The first-order valence-electron chi connectivity index (χ1n) is 11.7. The van der Waals surface area contributed by atoms with Crippen molar-refractivity contribution in [1.29, 1.82) is 0 Å². The van der Waals surface area contributed by atoms with Gasteiger partial charge in [0.05, 0.1) is 30.9 Å². The third kappa shape index (κ3) is 5.24. The highest BCUT2D eigenvalue weighted by Gasteiger charge is 2.38. The standard InChI is InChI=1S/C27H32N2O5/c1-17-10-18(2)12-19(11-17)23-15-27(3,4)29(28-23)25(30)6-5-9-33-21-7-8-22-20(13-26(31)32)16-34-24(22)14-21/h7-8,10-12,14,20H,5-6,9,13,15-16H2,1-4H3,(H,31,32)/t20-/m1/s1. The normalized spacial score (nSPS) is 18.3. The molecular weight excluding hydrogens is 432 g/mol. The maximum absolute atomic E-state index is 13.0. The third-order valence-corrected chi connectivity index (χ3v) is 6.27. The molecule has 2 aliphatic heterocycles. The Bertz CT molecular complexity index is 1120. The van der Waals surface area contributed by atoms with Crippen LogP contribution in [0, 0.1) is 13.8 Å². The minimum Gasteiger partial charge on any atom is -0.493 e. The average Bonchev–Trinajstić information content (AvgIpc) is 3.29. The molecule has 0 bridgehead atoms. The van der Waals surface area contributed by atoms with Gasteiger partial charge in [-0.2, -0.15) is 5.10 Å². The molecule has 2 aliphatic rings. The van der Waals surface area contributed by atoms with Crippen molar-refractivity contribution >= 4 is 17.6 Å². The van der Waals surface area contributed by atoms with Crippen molar-refractivity contribution in [3.05, 3.63) is 58.7 Å². The molecule has 1 amide bonds. The Labute approximate surface area is 200 Å². The van der Waals surface area contributed by atoms with Gasteiger partial charge in [-0.05, 0) is 45.7 Å². The van der Waals surface area contributed by atoms with Gasteiger partial charge in [-0.15, -0.1) is 0 Å². The molecule has 0 saturated heterocycles. The zero-order valence-corrected chi connectivity index (χ0v) is 20.3. The maximum Gasteiger partial charge on any atom is 0.304 e. The Balaban J connectivity index is 1.32. The van der Waals surface area contributed by atoms with Gasteiger partial charge in [0, 0.05) is 30.4 Å². The zero-order chi connectivity index (χ0) is 24.5. The predicted molar refractivity (Wildman–Crippen MR) is 130 cm³/mol. The van der Waals surface area contributed by atoms with Gasteiger partial charge in [-0.1, -0.05) is 35.4 Å². The second kappa shape index (κ2) is 9.49. The first-order valence-corrected chi connectivity index (χ1v) is 11.7. The number of carboxylic acids is 1. The van der Waals surface area contributed by atoms with Crippen molar-refractivity contribution < 1.29 is 24.2 Å². The van der Waals surface area contributed by atoms with Crippen molar-refractivity contribution in [1.82, 2.24) is 5.01 Å². The Morgan fingerprint density at radius 1 is 1.18 bits per heavy atom. The molecule has 1 N–H and O–H groups in total. The lowest BCUT2D eigenvalue weighted by atomic mass is 9.93. The molecule has 7 heteroatoms. The molecule has 2 aromatic carbocycles. The SMILES string of the molecule is Cc1cc(C)cc(C2=NN(C(=O)CCCOc3ccc4c(c3)OC[C@H]4CC(=O)O)C(C)(C)C2)c1. The van der Waals surface area contributed by atoms with Crippen LogP contribution in [0.15, 0.2) is 41.5 Å². The zero-order valence-electron chi connectivity index (χ0n) is 20.3. The van der Waals surface area contributed by atoms with Crippen molar-refractivity contribution in [2.45, 2.75) is 64.8 Å². The minimum absolute atomic E-state index is 0.0122. The quantitative estimate of drug-likeness (QED) is 0.566. The number of carboxylic acid groups (broad SMARTS) is 1. The minimum atomic E-state index is -0.835. The lowest BCUT2D eigenvalue weighted by Gasteiger charge is -2.28. The molecule has 180 valence electrons. The number of benzene rings is 2. The van der Waals surface area contributed by atoms with Crippen LogP contribution in [-0.4, -0.2) is 46.5 Å². The van der Waals surface area contributed by atoms with Gasteiger partial charge in [0.15, 0.2) is 0 Å². The van der Waals surface area contributed by atoms with Gasteiger partial charge < -0.3 is 14.6 Å². The number of ether oxygens (including phenoxy) is 2. The molecule has 0 fully saturated rings. The fourth-order valence-corrected chi connectivity index (χ4v) is 4.72. The van der Waals surface area contributed by atoms with E-state index in [9.17, 15) is 9.59 Å². The van der Waals surface area contributed by atoms with E-state index in [2.05, 4.69) is 32.0 Å². The second-order valence-corrected chi connectivity index (χ2v) is 9.88. The number of aryl methyl sites for hydroxylation is 2. The summed E-state index contributed by atoms with van der Waals surface area (Å²) in [6.07, 6.45) is 1.68. The molecule has 0 aliphatic carbocycles. The number of hydrogen-bond donors (Lipinski definition) is 1. The van der Waals surface area contributed by atoms with E-state index in [4.69, 9.17) is 19.7 Å². The molecule has 7 nitrogen and oxygen atoms in total. The molecule has 2 heterocycles. The Hall–Kier alpha value is -3.35. The number of carbonyl (C=O) groups is 2. The van der Waals surface area contributed by atoms with Crippen LogP contribution in [-0.2, 0) is 9.59 Å². The summed E-state index contributed by atoms with van der Waals surface area (Å²) in [6.45, 7) is 9.00. The lowest BCUT2D eigenvalue weighted by Crippen LogP contribution is -2.40. The first-order chi connectivity index (χ1) is 16.1. The molecule has 2 aromatic rings. The number of aliphatic carboxylic acids is 1. The number of hydrazone groups is 1. The number of rotatable bonds is 8. The van der Waals surface area contributed by atoms with Crippen LogP contribution >= 0.6 is 0 Å².